The Hall–Kier alpha value is -0.920. The third kappa shape index (κ3) is 3.21. The summed E-state index contributed by atoms with van der Waals surface area (Å²) in [4.78, 5) is 12.1. The standard InChI is InChI=1S/C12H14N2O3S2.ClH/c13-7-3-9-10(17-6-16-9)4-8(7)14-12(15)11-5-18-1-2-19-11;/h3-4,11H,1-2,5-6,13H2,(H,14,15);1H. The lowest BCUT2D eigenvalue weighted by molar-refractivity contribution is -0.115. The number of ether oxygens (including phenoxy) is 2. The number of nitrogen functional groups attached to an aromatic ring is 1. The molecule has 0 bridgehead atoms. The number of carbonyl (C=O) groups excluding carboxylic acids is 1. The number of halogens is 1. The molecule has 1 aromatic carbocycles. The molecule has 8 heteroatoms. The fourth-order valence-electron chi connectivity index (χ4n) is 1.92. The Morgan fingerprint density at radius 3 is 2.75 bits per heavy atom. The molecule has 1 aromatic rings. The van der Waals surface area contributed by atoms with E-state index in [-0.39, 0.29) is 30.4 Å². The number of hydrogen-bond donors (Lipinski definition) is 2. The van der Waals surface area contributed by atoms with Crippen molar-refractivity contribution in [3.05, 3.63) is 12.1 Å². The van der Waals surface area contributed by atoms with Gasteiger partial charge in [0.15, 0.2) is 11.5 Å². The second kappa shape index (κ2) is 6.69. The molecule has 0 radical (unpaired) electrons. The smallest absolute Gasteiger partial charge is 0.238 e. The molecule has 0 spiro atoms. The van der Waals surface area contributed by atoms with Gasteiger partial charge in [-0.2, -0.15) is 11.8 Å². The van der Waals surface area contributed by atoms with E-state index in [2.05, 4.69) is 5.32 Å². The van der Waals surface area contributed by atoms with Gasteiger partial charge in [0, 0.05) is 29.4 Å². The lowest BCUT2D eigenvalue weighted by Gasteiger charge is -2.20. The van der Waals surface area contributed by atoms with Crippen LogP contribution >= 0.6 is 35.9 Å². The van der Waals surface area contributed by atoms with Gasteiger partial charge in [-0.1, -0.05) is 0 Å². The maximum Gasteiger partial charge on any atom is 0.238 e. The van der Waals surface area contributed by atoms with Gasteiger partial charge in [-0.05, 0) is 0 Å². The van der Waals surface area contributed by atoms with E-state index in [1.165, 1.54) is 0 Å². The first-order valence-corrected chi connectivity index (χ1v) is 8.14. The molecular weight excluding hydrogens is 320 g/mol. The highest BCUT2D eigenvalue weighted by Gasteiger charge is 2.24. The zero-order valence-electron chi connectivity index (χ0n) is 10.6. The normalized spacial score (nSPS) is 20.1. The van der Waals surface area contributed by atoms with Crippen molar-refractivity contribution in [1.29, 1.82) is 0 Å². The molecule has 20 heavy (non-hydrogen) atoms. The average molecular weight is 335 g/mol. The minimum atomic E-state index is -0.0106. The lowest BCUT2D eigenvalue weighted by Crippen LogP contribution is -2.30. The van der Waals surface area contributed by atoms with E-state index in [1.807, 2.05) is 11.8 Å². The van der Waals surface area contributed by atoms with E-state index in [9.17, 15) is 4.79 Å². The highest BCUT2D eigenvalue weighted by Crippen LogP contribution is 2.38. The number of benzene rings is 1. The van der Waals surface area contributed by atoms with Gasteiger partial charge in [-0.15, -0.1) is 24.2 Å². The van der Waals surface area contributed by atoms with E-state index in [1.54, 1.807) is 23.9 Å². The van der Waals surface area contributed by atoms with Crippen LogP contribution in [0.4, 0.5) is 11.4 Å². The van der Waals surface area contributed by atoms with Gasteiger partial charge in [-0.25, -0.2) is 0 Å². The third-order valence-corrected chi connectivity index (χ3v) is 5.67. The van der Waals surface area contributed by atoms with Crippen LogP contribution in [0.3, 0.4) is 0 Å². The van der Waals surface area contributed by atoms with Crippen LogP contribution in [0.25, 0.3) is 0 Å². The summed E-state index contributed by atoms with van der Waals surface area (Å²) >= 11 is 3.50. The van der Waals surface area contributed by atoms with E-state index in [0.717, 1.165) is 17.3 Å². The Balaban J connectivity index is 0.00000147. The lowest BCUT2D eigenvalue weighted by atomic mass is 10.2. The van der Waals surface area contributed by atoms with Crippen molar-refractivity contribution < 1.29 is 14.3 Å². The number of hydrogen-bond acceptors (Lipinski definition) is 6. The zero-order valence-corrected chi connectivity index (χ0v) is 13.0. The molecule has 3 N–H and O–H groups in total. The predicted molar refractivity (Wildman–Crippen MR) is 86.4 cm³/mol. The number of nitrogens with two attached hydrogens (primary N) is 1. The molecule has 2 heterocycles. The molecule has 2 aliphatic heterocycles. The maximum absolute atomic E-state index is 12.1. The molecule has 1 amide bonds. The SMILES string of the molecule is Cl.Nc1cc2c(cc1NC(=O)C1CSCCS1)OCO2. The Morgan fingerprint density at radius 2 is 2.05 bits per heavy atom. The molecule has 1 fully saturated rings. The van der Waals surface area contributed by atoms with Crippen molar-refractivity contribution in [1.82, 2.24) is 0 Å². The highest BCUT2D eigenvalue weighted by atomic mass is 35.5. The third-order valence-electron chi connectivity index (χ3n) is 2.91. The molecule has 0 saturated carbocycles. The van der Waals surface area contributed by atoms with E-state index in [4.69, 9.17) is 15.2 Å². The summed E-state index contributed by atoms with van der Waals surface area (Å²) in [6.45, 7) is 0.196. The Morgan fingerprint density at radius 1 is 1.30 bits per heavy atom. The van der Waals surface area contributed by atoms with Gasteiger partial charge in [-0.3, -0.25) is 4.79 Å². The molecule has 1 saturated heterocycles. The molecule has 0 aromatic heterocycles. The number of rotatable bonds is 2. The fraction of sp³-hybridized carbons (Fsp3) is 0.417. The van der Waals surface area contributed by atoms with Crippen LogP contribution in [0.2, 0.25) is 0 Å². The van der Waals surface area contributed by atoms with Crippen molar-refractivity contribution in [2.24, 2.45) is 0 Å². The van der Waals surface area contributed by atoms with E-state index in [0.29, 0.717) is 22.9 Å². The first kappa shape index (κ1) is 15.5. The minimum absolute atomic E-state index is 0. The number of amides is 1. The summed E-state index contributed by atoms with van der Waals surface area (Å²) in [5.74, 6) is 4.22. The summed E-state index contributed by atoms with van der Waals surface area (Å²) in [5, 5.41) is 2.87. The molecule has 110 valence electrons. The highest BCUT2D eigenvalue weighted by molar-refractivity contribution is 8.07. The van der Waals surface area contributed by atoms with Crippen LogP contribution in [0.1, 0.15) is 0 Å². The van der Waals surface area contributed by atoms with Crippen LogP contribution in [-0.4, -0.2) is 35.2 Å². The van der Waals surface area contributed by atoms with Gasteiger partial charge < -0.3 is 20.5 Å². The number of carbonyl (C=O) groups is 1. The Labute approximate surface area is 131 Å². The van der Waals surface area contributed by atoms with Gasteiger partial charge >= 0.3 is 0 Å². The van der Waals surface area contributed by atoms with Gasteiger partial charge in [0.2, 0.25) is 12.7 Å². The summed E-state index contributed by atoms with van der Waals surface area (Å²) in [6, 6.07) is 3.40. The van der Waals surface area contributed by atoms with E-state index < -0.39 is 0 Å². The van der Waals surface area contributed by atoms with Gasteiger partial charge in [0.25, 0.3) is 0 Å². The summed E-state index contributed by atoms with van der Waals surface area (Å²) < 4.78 is 10.5. The van der Waals surface area contributed by atoms with Gasteiger partial charge in [0.1, 0.15) is 0 Å². The van der Waals surface area contributed by atoms with Crippen LogP contribution in [0.5, 0.6) is 11.5 Å². The largest absolute Gasteiger partial charge is 0.454 e. The monoisotopic (exact) mass is 334 g/mol. The average Bonchev–Trinajstić information content (AvgIpc) is 2.87. The number of anilines is 2. The van der Waals surface area contributed by atoms with Crippen LogP contribution in [-0.2, 0) is 4.79 Å². The van der Waals surface area contributed by atoms with Crippen molar-refractivity contribution in [3.8, 4) is 11.5 Å². The Bertz CT molecular complexity index is 510. The summed E-state index contributed by atoms with van der Waals surface area (Å²) in [5.41, 5.74) is 6.99. The first-order valence-electron chi connectivity index (χ1n) is 5.93. The molecule has 2 aliphatic rings. The van der Waals surface area contributed by atoms with Crippen molar-refractivity contribution >= 4 is 53.2 Å². The minimum Gasteiger partial charge on any atom is -0.454 e. The van der Waals surface area contributed by atoms with Crippen LogP contribution in [0.15, 0.2) is 12.1 Å². The maximum atomic E-state index is 12.1. The van der Waals surface area contributed by atoms with Crippen molar-refractivity contribution in [3.63, 3.8) is 0 Å². The molecule has 0 aliphatic carbocycles. The van der Waals surface area contributed by atoms with Crippen molar-refractivity contribution in [2.45, 2.75) is 5.25 Å². The molecule has 1 atom stereocenters. The van der Waals surface area contributed by atoms with E-state index >= 15 is 0 Å². The van der Waals surface area contributed by atoms with Crippen LogP contribution in [0, 0.1) is 0 Å². The fourth-order valence-corrected chi connectivity index (χ4v) is 4.48. The molecule has 5 nitrogen and oxygen atoms in total. The molecule has 3 rings (SSSR count). The zero-order chi connectivity index (χ0) is 13.2. The number of nitrogens with one attached hydrogen (secondary N) is 1. The van der Waals surface area contributed by atoms with Crippen LogP contribution < -0.4 is 20.5 Å². The summed E-state index contributed by atoms with van der Waals surface area (Å²) in [7, 11) is 0. The predicted octanol–water partition coefficient (Wildman–Crippen LogP) is 2.21. The number of thioether (sulfide) groups is 2. The van der Waals surface area contributed by atoms with Gasteiger partial charge in [0.05, 0.1) is 16.6 Å². The quantitative estimate of drug-likeness (QED) is 0.808. The molecular formula is C12H15ClN2O3S2. The number of fused-ring (bicyclic) bond motifs is 1. The molecule has 1 unspecified atom stereocenters. The van der Waals surface area contributed by atoms with Crippen molar-refractivity contribution in [2.75, 3.05) is 35.1 Å². The second-order valence-electron chi connectivity index (χ2n) is 4.22. The summed E-state index contributed by atoms with van der Waals surface area (Å²) in [6.07, 6.45) is 0. The second-order valence-corrected chi connectivity index (χ2v) is 6.68. The topological polar surface area (TPSA) is 73.6 Å². The Kier molecular flexibility index (Phi) is 5.17. The first-order chi connectivity index (χ1) is 9.24.